The van der Waals surface area contributed by atoms with Gasteiger partial charge >= 0.3 is 0 Å². The number of nitrogen functional groups attached to an aromatic ring is 1. The lowest BCUT2D eigenvalue weighted by Crippen LogP contribution is -2.34. The molecule has 19 nitrogen and oxygen atoms in total. The summed E-state index contributed by atoms with van der Waals surface area (Å²) in [6, 6.07) is 0. The van der Waals surface area contributed by atoms with Crippen LogP contribution in [0.4, 0.5) is 5.82 Å². The standard InChI is InChI=1S/C10H15N5O10P2.C2H6O.3H3N/c11-8-5-9(13-2-12-8)15(3-14-5)10-7(17)6(16)4(24-10)1-23-27(21,22)25-26(18,19)20;1-2-3;;;/h2-4,6-7,10,16-17H,1H2,(H,21,22)(H2,11,12,13)(H2,18,19,20);3H,2H2,1H3;3*1H3/t4-,6-,7-,10-;;;;/m1..../s1. The molecule has 2 aromatic rings. The topological polar surface area (TPSA) is 371 Å². The minimum absolute atomic E-state index is 0. The first-order chi connectivity index (χ1) is 13.9. The zero-order valence-corrected chi connectivity index (χ0v) is 20.0. The molecule has 0 amide bonds. The van der Waals surface area contributed by atoms with Gasteiger partial charge in [0, 0.05) is 6.61 Å². The van der Waals surface area contributed by atoms with Crippen molar-refractivity contribution in [3.05, 3.63) is 12.7 Å². The number of hydrogen-bond acceptors (Lipinski definition) is 15. The van der Waals surface area contributed by atoms with E-state index in [9.17, 15) is 34.0 Å². The summed E-state index contributed by atoms with van der Waals surface area (Å²) in [5.74, 6) is 0.0655. The molecule has 3 heterocycles. The van der Waals surface area contributed by atoms with Gasteiger partial charge in [-0.15, -0.1) is 0 Å². The van der Waals surface area contributed by atoms with Gasteiger partial charge in [-0.1, -0.05) is 0 Å². The number of aliphatic hydroxyl groups is 3. The molecule has 0 radical (unpaired) electrons. The van der Waals surface area contributed by atoms with Gasteiger partial charge in [0.2, 0.25) is 0 Å². The normalized spacial score (nSPS) is 23.8. The van der Waals surface area contributed by atoms with Gasteiger partial charge in [0.15, 0.2) is 17.7 Å². The zero-order valence-electron chi connectivity index (χ0n) is 18.2. The zero-order chi connectivity index (χ0) is 22.7. The number of rotatable bonds is 6. The van der Waals surface area contributed by atoms with Crippen LogP contribution in [0.3, 0.4) is 0 Å². The van der Waals surface area contributed by atoms with Crippen molar-refractivity contribution in [1.82, 2.24) is 38.0 Å². The van der Waals surface area contributed by atoms with E-state index < -0.39 is 46.8 Å². The summed E-state index contributed by atoms with van der Waals surface area (Å²) in [5.41, 5.74) is 6.04. The molecule has 0 aliphatic carbocycles. The van der Waals surface area contributed by atoms with Crippen molar-refractivity contribution in [3.63, 3.8) is 0 Å². The molecule has 0 bridgehead atoms. The van der Waals surface area contributed by atoms with Gasteiger partial charge in [0.1, 0.15) is 30.2 Å². The number of quaternary nitrogens is 3. The maximum Gasteiger partial charge on any atom is 0.271 e. The molecule has 1 fully saturated rings. The average Bonchev–Trinajstić information content (AvgIpc) is 3.15. The first-order valence-electron chi connectivity index (χ1n) is 8.14. The molecule has 0 aromatic carbocycles. The van der Waals surface area contributed by atoms with Gasteiger partial charge in [0.05, 0.1) is 20.8 Å². The largest absolute Gasteiger partial charge is 0.790 e. The van der Waals surface area contributed by atoms with Crippen molar-refractivity contribution >= 4 is 32.6 Å². The highest BCUT2D eigenvalue weighted by atomic mass is 31.3. The molecule has 1 aliphatic rings. The number of phosphoric ester groups is 1. The predicted octanol–water partition coefficient (Wildman–Crippen LogP) is -2.51. The summed E-state index contributed by atoms with van der Waals surface area (Å²) in [6.07, 6.45) is -3.48. The summed E-state index contributed by atoms with van der Waals surface area (Å²) in [4.78, 5) is 43.7. The second-order valence-corrected chi connectivity index (χ2v) is 8.42. The summed E-state index contributed by atoms with van der Waals surface area (Å²) in [5, 5.41) is 27.8. The van der Waals surface area contributed by atoms with Gasteiger partial charge in [-0.2, -0.15) is 0 Å². The molecule has 2 aromatic heterocycles. The van der Waals surface area contributed by atoms with E-state index in [2.05, 4.69) is 23.8 Å². The Morgan fingerprint density at radius 3 is 2.27 bits per heavy atom. The van der Waals surface area contributed by atoms with Crippen LogP contribution in [-0.4, -0.2) is 66.4 Å². The SMILES string of the molecule is CCO.Nc1ncnc2c1ncn2[C@@H]1O[C@H](COP(=O)([O-])OP(=O)([O-])[O-])[C@@H](O)[C@H]1O.[NH4+].[NH4+].[NH4+]. The van der Waals surface area contributed by atoms with Crippen molar-refractivity contribution in [3.8, 4) is 0 Å². The fourth-order valence-corrected chi connectivity index (χ4v) is 3.96. The lowest BCUT2D eigenvalue weighted by Gasteiger charge is -2.35. The van der Waals surface area contributed by atoms with E-state index in [1.165, 1.54) is 10.9 Å². The molecule has 33 heavy (non-hydrogen) atoms. The summed E-state index contributed by atoms with van der Waals surface area (Å²) in [6.45, 7) is 0.999. The molecule has 1 saturated heterocycles. The Bertz CT molecular complexity index is 959. The third kappa shape index (κ3) is 8.56. The van der Waals surface area contributed by atoms with Gasteiger partial charge in [0.25, 0.3) is 7.82 Å². The predicted molar refractivity (Wildman–Crippen MR) is 109 cm³/mol. The number of imidazole rings is 1. The van der Waals surface area contributed by atoms with Crippen molar-refractivity contribution < 1.29 is 52.7 Å². The molecule has 5 atom stereocenters. The number of nitrogens with zero attached hydrogens (tertiary/aromatic N) is 4. The van der Waals surface area contributed by atoms with Crippen molar-refractivity contribution in [2.45, 2.75) is 31.5 Å². The van der Waals surface area contributed by atoms with Gasteiger partial charge in [-0.25, -0.2) is 15.0 Å². The maximum atomic E-state index is 11.3. The Hall–Kier alpha value is -1.67. The number of phosphoric acid groups is 2. The monoisotopic (exact) mass is 524 g/mol. The highest BCUT2D eigenvalue weighted by molar-refractivity contribution is 7.58. The lowest BCUT2D eigenvalue weighted by atomic mass is 10.1. The molecule has 1 unspecified atom stereocenters. The Labute approximate surface area is 187 Å². The van der Waals surface area contributed by atoms with Crippen molar-refractivity contribution in [2.24, 2.45) is 0 Å². The van der Waals surface area contributed by atoms with Crippen molar-refractivity contribution in [1.29, 1.82) is 0 Å². The number of hydrogen-bond donors (Lipinski definition) is 7. The summed E-state index contributed by atoms with van der Waals surface area (Å²) < 4.78 is 35.7. The molecule has 21 heteroatoms. The van der Waals surface area contributed by atoms with Crippen LogP contribution in [0.25, 0.3) is 11.2 Å². The Balaban J connectivity index is 0. The van der Waals surface area contributed by atoms with E-state index in [1.54, 1.807) is 6.92 Å². The average molecular weight is 524 g/mol. The second kappa shape index (κ2) is 13.3. The molecule has 194 valence electrons. The van der Waals surface area contributed by atoms with Crippen LogP contribution in [0.1, 0.15) is 13.2 Å². The fourth-order valence-electron chi connectivity index (χ4n) is 2.46. The summed E-state index contributed by atoms with van der Waals surface area (Å²) in [7, 11) is -11.4. The van der Waals surface area contributed by atoms with Crippen LogP contribution in [0, 0.1) is 0 Å². The molecule has 1 aliphatic heterocycles. The Morgan fingerprint density at radius 2 is 1.73 bits per heavy atom. The molecule has 0 saturated carbocycles. The van der Waals surface area contributed by atoms with Gasteiger partial charge < -0.3 is 68.0 Å². The second-order valence-electron chi connectivity index (χ2n) is 5.72. The van der Waals surface area contributed by atoms with Crippen LogP contribution in [0.15, 0.2) is 12.7 Å². The molecular weight excluding hydrogens is 494 g/mol. The van der Waals surface area contributed by atoms with E-state index in [4.69, 9.17) is 15.6 Å². The Morgan fingerprint density at radius 1 is 1.15 bits per heavy atom. The summed E-state index contributed by atoms with van der Waals surface area (Å²) >= 11 is 0. The van der Waals surface area contributed by atoms with Crippen LogP contribution < -0.4 is 38.9 Å². The number of anilines is 1. The highest BCUT2D eigenvalue weighted by Gasteiger charge is 2.44. The number of fused-ring (bicyclic) bond motifs is 1. The Kier molecular flexibility index (Phi) is 13.5. The van der Waals surface area contributed by atoms with Crippen LogP contribution in [-0.2, 0) is 22.7 Å². The molecule has 17 N–H and O–H groups in total. The number of nitrogens with two attached hydrogens (primary N) is 1. The minimum atomic E-state index is -5.85. The van der Waals surface area contributed by atoms with Gasteiger partial charge in [-0.3, -0.25) is 13.4 Å². The van der Waals surface area contributed by atoms with Crippen molar-refractivity contribution in [2.75, 3.05) is 18.9 Å². The van der Waals surface area contributed by atoms with Crippen LogP contribution >= 0.6 is 15.6 Å². The van der Waals surface area contributed by atoms with E-state index in [-0.39, 0.29) is 42.0 Å². The molecular formula is C12H30N8O11P2. The number of aromatic nitrogens is 4. The quantitative estimate of drug-likeness (QED) is 0.192. The fraction of sp³-hybridized carbons (Fsp3) is 0.583. The maximum absolute atomic E-state index is 11.3. The first-order valence-corrected chi connectivity index (χ1v) is 11.1. The smallest absolute Gasteiger partial charge is 0.271 e. The van der Waals surface area contributed by atoms with Gasteiger partial charge in [-0.05, 0) is 6.92 Å². The van der Waals surface area contributed by atoms with E-state index >= 15 is 0 Å². The van der Waals surface area contributed by atoms with Crippen LogP contribution in [0.5, 0.6) is 0 Å². The third-order valence-electron chi connectivity index (χ3n) is 3.60. The molecule has 0 spiro atoms. The first kappa shape index (κ1) is 33.5. The third-order valence-corrected chi connectivity index (χ3v) is 5.66. The lowest BCUT2D eigenvalue weighted by molar-refractivity contribution is -0.339. The number of ether oxygens (including phenoxy) is 1. The van der Waals surface area contributed by atoms with Crippen LogP contribution in [0.2, 0.25) is 0 Å². The van der Waals surface area contributed by atoms with E-state index in [0.29, 0.717) is 0 Å². The van der Waals surface area contributed by atoms with E-state index in [0.717, 1.165) is 6.33 Å². The highest BCUT2D eigenvalue weighted by Crippen LogP contribution is 2.50. The minimum Gasteiger partial charge on any atom is -0.790 e. The number of aliphatic hydroxyl groups excluding tert-OH is 3. The van der Waals surface area contributed by atoms with E-state index in [1.807, 2.05) is 0 Å². The molecule has 3 rings (SSSR count).